The number of hydrogen-bond donors (Lipinski definition) is 2. The molecule has 0 aliphatic rings. The number of rotatable bonds is 6. The highest BCUT2D eigenvalue weighted by atomic mass is 16.7. The lowest BCUT2D eigenvalue weighted by Gasteiger charge is -2.07. The summed E-state index contributed by atoms with van der Waals surface area (Å²) in [5.74, 6) is 0. The number of nitrogens with one attached hydrogen (secondary N) is 2. The Morgan fingerprint density at radius 3 is 1.34 bits per heavy atom. The monoisotopic (exact) mass is 396 g/mol. The van der Waals surface area contributed by atoms with Crippen LogP contribution in [0.5, 0.6) is 0 Å². The lowest BCUT2D eigenvalue weighted by molar-refractivity contribution is 0.165. The van der Waals surface area contributed by atoms with Gasteiger partial charge in [-0.25, -0.2) is 9.59 Å². The van der Waals surface area contributed by atoms with Gasteiger partial charge in [0.05, 0.1) is 11.4 Å². The minimum Gasteiger partial charge on any atom is -0.298 e. The highest BCUT2D eigenvalue weighted by Crippen LogP contribution is 2.16. The van der Waals surface area contributed by atoms with Gasteiger partial charge in [-0.2, -0.15) is 0 Å². The second kappa shape index (κ2) is 10.6. The maximum Gasteiger partial charge on any atom is 0.437 e. The van der Waals surface area contributed by atoms with Crippen molar-refractivity contribution in [2.24, 2.45) is 10.3 Å². The van der Waals surface area contributed by atoms with E-state index in [1.54, 1.807) is 52.0 Å². The van der Waals surface area contributed by atoms with E-state index in [1.165, 1.54) is 0 Å². The zero-order chi connectivity index (χ0) is 21.2. The summed E-state index contributed by atoms with van der Waals surface area (Å²) < 4.78 is 0. The van der Waals surface area contributed by atoms with Gasteiger partial charge in [0.25, 0.3) is 0 Å². The van der Waals surface area contributed by atoms with Gasteiger partial charge in [-0.05, 0) is 69.5 Å². The molecule has 0 saturated carbocycles. The lowest BCUT2D eigenvalue weighted by Crippen LogP contribution is -2.11. The van der Waals surface area contributed by atoms with Crippen LogP contribution in [0.3, 0.4) is 0 Å². The smallest absolute Gasteiger partial charge is 0.298 e. The van der Waals surface area contributed by atoms with Crippen LogP contribution in [0.4, 0.5) is 21.0 Å². The van der Waals surface area contributed by atoms with E-state index in [-0.39, 0.29) is 0 Å². The zero-order valence-corrected chi connectivity index (χ0v) is 16.9. The third-order valence-corrected chi connectivity index (χ3v) is 3.43. The van der Waals surface area contributed by atoms with Gasteiger partial charge in [-0.3, -0.25) is 20.3 Å². The number of nitrogens with zero attached hydrogens (tertiary/aromatic N) is 2. The van der Waals surface area contributed by atoms with Crippen molar-refractivity contribution in [1.82, 2.24) is 0 Å². The molecule has 0 unspecified atom stereocenters. The van der Waals surface area contributed by atoms with Crippen LogP contribution in [0.1, 0.15) is 38.8 Å². The molecule has 8 heteroatoms. The van der Waals surface area contributed by atoms with E-state index in [0.717, 1.165) is 11.1 Å². The quantitative estimate of drug-likeness (QED) is 0.400. The maximum atomic E-state index is 11.6. The topological polar surface area (TPSA) is 101 Å². The average molecular weight is 396 g/mol. The first-order valence-electron chi connectivity index (χ1n) is 8.98. The number of carbonyl (C=O) groups is 2. The third kappa shape index (κ3) is 8.25. The largest absolute Gasteiger partial charge is 0.437 e. The first-order valence-corrected chi connectivity index (χ1v) is 8.98. The summed E-state index contributed by atoms with van der Waals surface area (Å²) in [4.78, 5) is 32.6. The van der Waals surface area contributed by atoms with Crippen LogP contribution >= 0.6 is 0 Å². The summed E-state index contributed by atoms with van der Waals surface area (Å²) in [5, 5.41) is 12.4. The Balaban J connectivity index is 1.88. The van der Waals surface area contributed by atoms with Gasteiger partial charge in [0.15, 0.2) is 0 Å². The van der Waals surface area contributed by atoms with Gasteiger partial charge in [0.2, 0.25) is 0 Å². The molecule has 0 aliphatic heterocycles. The van der Waals surface area contributed by atoms with Gasteiger partial charge in [-0.1, -0.05) is 34.6 Å². The van der Waals surface area contributed by atoms with Crippen molar-refractivity contribution in [3.05, 3.63) is 59.7 Å². The van der Waals surface area contributed by atoms with E-state index >= 15 is 0 Å². The minimum atomic E-state index is -0.639. The van der Waals surface area contributed by atoms with Crippen LogP contribution in [0.2, 0.25) is 0 Å². The molecule has 29 heavy (non-hydrogen) atoms. The molecule has 2 amide bonds. The van der Waals surface area contributed by atoms with Gasteiger partial charge in [-0.15, -0.1) is 0 Å². The molecule has 0 aromatic heterocycles. The zero-order valence-electron chi connectivity index (χ0n) is 16.9. The van der Waals surface area contributed by atoms with Crippen molar-refractivity contribution >= 4 is 35.0 Å². The van der Waals surface area contributed by atoms with E-state index in [1.807, 2.05) is 24.3 Å². The standard InChI is InChI=1S/C21H24N4O4/c1-14(2)24-28-20(26)22-18-9-5-16(6-10-18)13-17-7-11-19(12-8-17)23-21(27)29-25-15(3)4/h5-12H,13H2,1-4H3,(H,22,26)(H,23,27). The van der Waals surface area contributed by atoms with E-state index < -0.39 is 12.2 Å². The molecule has 0 aliphatic carbocycles. The van der Waals surface area contributed by atoms with Crippen LogP contribution in [0, 0.1) is 0 Å². The number of carbonyl (C=O) groups excluding carboxylic acids is 2. The highest BCUT2D eigenvalue weighted by molar-refractivity contribution is 5.86. The van der Waals surface area contributed by atoms with Crippen molar-refractivity contribution in [3.63, 3.8) is 0 Å². The molecule has 152 valence electrons. The summed E-state index contributed by atoms with van der Waals surface area (Å²) in [6.07, 6.45) is -0.575. The first kappa shape index (κ1) is 21.6. The van der Waals surface area contributed by atoms with Crippen molar-refractivity contribution in [1.29, 1.82) is 0 Å². The Kier molecular flexibility index (Phi) is 7.90. The van der Waals surface area contributed by atoms with Crippen LogP contribution in [-0.2, 0) is 16.1 Å². The summed E-state index contributed by atoms with van der Waals surface area (Å²) in [5.41, 5.74) is 4.67. The molecule has 0 saturated heterocycles. The highest BCUT2D eigenvalue weighted by Gasteiger charge is 2.05. The molecular weight excluding hydrogens is 372 g/mol. The van der Waals surface area contributed by atoms with E-state index in [4.69, 9.17) is 9.68 Å². The fourth-order valence-electron chi connectivity index (χ4n) is 2.19. The second-order valence-electron chi connectivity index (χ2n) is 6.66. The lowest BCUT2D eigenvalue weighted by atomic mass is 10.0. The molecule has 2 rings (SSSR count). The fraction of sp³-hybridized carbons (Fsp3) is 0.238. The minimum absolute atomic E-state index is 0.616. The Hall–Kier alpha value is -3.68. The summed E-state index contributed by atoms with van der Waals surface area (Å²) in [6.45, 7) is 6.94. The maximum absolute atomic E-state index is 11.6. The van der Waals surface area contributed by atoms with Crippen molar-refractivity contribution in [2.45, 2.75) is 34.1 Å². The molecule has 0 atom stereocenters. The number of hydrogen-bond acceptors (Lipinski definition) is 6. The molecule has 8 nitrogen and oxygen atoms in total. The molecular formula is C21H24N4O4. The third-order valence-electron chi connectivity index (χ3n) is 3.43. The molecule has 2 aromatic carbocycles. The second-order valence-corrected chi connectivity index (χ2v) is 6.66. The Labute approximate surface area is 169 Å². The molecule has 0 bridgehead atoms. The van der Waals surface area contributed by atoms with Gasteiger partial charge in [0.1, 0.15) is 0 Å². The summed E-state index contributed by atoms with van der Waals surface area (Å²) in [7, 11) is 0. The van der Waals surface area contributed by atoms with E-state index in [2.05, 4.69) is 20.9 Å². The van der Waals surface area contributed by atoms with E-state index in [9.17, 15) is 9.59 Å². The Morgan fingerprint density at radius 2 is 1.03 bits per heavy atom. The van der Waals surface area contributed by atoms with Crippen molar-refractivity contribution in [3.8, 4) is 0 Å². The number of benzene rings is 2. The number of oxime groups is 2. The molecule has 0 spiro atoms. The van der Waals surface area contributed by atoms with Gasteiger partial charge < -0.3 is 0 Å². The summed E-state index contributed by atoms with van der Waals surface area (Å²) in [6, 6.07) is 14.8. The molecule has 0 fully saturated rings. The normalized spacial score (nSPS) is 9.79. The predicted molar refractivity (Wildman–Crippen MR) is 113 cm³/mol. The molecule has 0 radical (unpaired) electrons. The summed E-state index contributed by atoms with van der Waals surface area (Å²) >= 11 is 0. The van der Waals surface area contributed by atoms with Gasteiger partial charge >= 0.3 is 12.2 Å². The van der Waals surface area contributed by atoms with Crippen LogP contribution < -0.4 is 10.6 Å². The van der Waals surface area contributed by atoms with Crippen molar-refractivity contribution in [2.75, 3.05) is 10.6 Å². The number of amides is 2. The van der Waals surface area contributed by atoms with Crippen LogP contribution in [0.15, 0.2) is 58.8 Å². The van der Waals surface area contributed by atoms with Crippen LogP contribution in [0.25, 0.3) is 0 Å². The van der Waals surface area contributed by atoms with E-state index in [0.29, 0.717) is 29.2 Å². The fourth-order valence-corrected chi connectivity index (χ4v) is 2.19. The average Bonchev–Trinajstić information content (AvgIpc) is 2.68. The Morgan fingerprint density at radius 1 is 0.690 bits per heavy atom. The molecule has 2 N–H and O–H groups in total. The first-order chi connectivity index (χ1) is 13.8. The van der Waals surface area contributed by atoms with Crippen molar-refractivity contribution < 1.29 is 19.3 Å². The molecule has 2 aromatic rings. The SMILES string of the molecule is CC(C)=NOC(=O)Nc1ccc(Cc2ccc(NC(=O)ON=C(C)C)cc2)cc1. The number of anilines is 2. The molecule has 0 heterocycles. The van der Waals surface area contributed by atoms with Gasteiger partial charge in [0, 0.05) is 11.4 Å². The van der Waals surface area contributed by atoms with Crippen LogP contribution in [-0.4, -0.2) is 23.6 Å². The Bertz CT molecular complexity index is 820. The predicted octanol–water partition coefficient (Wildman–Crippen LogP) is 5.17.